The molecular weight excluding hydrogens is 276 g/mol. The standard InChI is InChI=1S/C14H18N2O3S/c1-16-13-7-4-3-6-11(13)12(10-14(16)17)15-8-5-9-20(2,18)19/h3-4,6-7,10,15H,5,8-9H2,1-2H3. The normalized spacial score (nSPS) is 11.7. The number of sulfone groups is 1. The first-order valence-electron chi connectivity index (χ1n) is 6.39. The molecule has 0 bridgehead atoms. The third kappa shape index (κ3) is 3.39. The van der Waals surface area contributed by atoms with E-state index in [-0.39, 0.29) is 11.3 Å². The van der Waals surface area contributed by atoms with Crippen molar-refractivity contribution in [3.8, 4) is 0 Å². The fourth-order valence-corrected chi connectivity index (χ4v) is 2.78. The molecule has 0 spiro atoms. The molecule has 108 valence electrons. The molecular formula is C14H18N2O3S. The van der Waals surface area contributed by atoms with E-state index in [4.69, 9.17) is 0 Å². The summed E-state index contributed by atoms with van der Waals surface area (Å²) in [6.07, 6.45) is 1.74. The third-order valence-corrected chi connectivity index (χ3v) is 4.19. The number of hydrogen-bond acceptors (Lipinski definition) is 4. The Morgan fingerprint density at radius 3 is 2.65 bits per heavy atom. The lowest BCUT2D eigenvalue weighted by Gasteiger charge is -2.11. The molecule has 20 heavy (non-hydrogen) atoms. The number of pyridine rings is 1. The van der Waals surface area contributed by atoms with Gasteiger partial charge in [0.25, 0.3) is 5.56 Å². The summed E-state index contributed by atoms with van der Waals surface area (Å²) in [5, 5.41) is 4.10. The van der Waals surface area contributed by atoms with Crippen LogP contribution in [0.25, 0.3) is 10.9 Å². The van der Waals surface area contributed by atoms with Gasteiger partial charge >= 0.3 is 0 Å². The van der Waals surface area contributed by atoms with Crippen molar-refractivity contribution in [2.45, 2.75) is 6.42 Å². The van der Waals surface area contributed by atoms with Gasteiger partial charge in [0.15, 0.2) is 0 Å². The van der Waals surface area contributed by atoms with Crippen LogP contribution < -0.4 is 10.9 Å². The van der Waals surface area contributed by atoms with Crippen molar-refractivity contribution in [3.63, 3.8) is 0 Å². The fourth-order valence-electron chi connectivity index (χ4n) is 2.11. The number of hydrogen-bond donors (Lipinski definition) is 1. The quantitative estimate of drug-likeness (QED) is 0.846. The first kappa shape index (κ1) is 14.6. The van der Waals surface area contributed by atoms with Gasteiger partial charge < -0.3 is 9.88 Å². The van der Waals surface area contributed by atoms with E-state index in [2.05, 4.69) is 5.32 Å². The molecule has 1 aromatic heterocycles. The summed E-state index contributed by atoms with van der Waals surface area (Å²) in [5.74, 6) is 0.142. The number of nitrogens with zero attached hydrogens (tertiary/aromatic N) is 1. The molecule has 5 nitrogen and oxygen atoms in total. The molecule has 1 heterocycles. The average Bonchev–Trinajstić information content (AvgIpc) is 2.39. The summed E-state index contributed by atoms with van der Waals surface area (Å²) in [7, 11) is -1.21. The maximum Gasteiger partial charge on any atom is 0.252 e. The molecule has 0 saturated heterocycles. The van der Waals surface area contributed by atoms with Crippen LogP contribution in [-0.2, 0) is 16.9 Å². The van der Waals surface area contributed by atoms with Gasteiger partial charge in [-0.15, -0.1) is 0 Å². The Kier molecular flexibility index (Phi) is 4.13. The van der Waals surface area contributed by atoms with Crippen molar-refractivity contribution in [1.82, 2.24) is 4.57 Å². The van der Waals surface area contributed by atoms with Crippen molar-refractivity contribution < 1.29 is 8.42 Å². The van der Waals surface area contributed by atoms with Crippen molar-refractivity contribution >= 4 is 26.4 Å². The van der Waals surface area contributed by atoms with Crippen LogP contribution in [0.5, 0.6) is 0 Å². The largest absolute Gasteiger partial charge is 0.384 e. The third-order valence-electron chi connectivity index (χ3n) is 3.16. The van der Waals surface area contributed by atoms with Crippen LogP contribution >= 0.6 is 0 Å². The molecule has 0 amide bonds. The molecule has 0 aliphatic heterocycles. The Morgan fingerprint density at radius 1 is 1.25 bits per heavy atom. The summed E-state index contributed by atoms with van der Waals surface area (Å²) in [4.78, 5) is 11.9. The summed E-state index contributed by atoms with van der Waals surface area (Å²) in [5.41, 5.74) is 1.51. The van der Waals surface area contributed by atoms with Gasteiger partial charge in [-0.05, 0) is 12.5 Å². The number of fused-ring (bicyclic) bond motifs is 1. The number of benzene rings is 1. The number of nitrogens with one attached hydrogen (secondary N) is 1. The van der Waals surface area contributed by atoms with Gasteiger partial charge in [0.1, 0.15) is 9.84 Å². The molecule has 0 fully saturated rings. The van der Waals surface area contributed by atoms with Crippen molar-refractivity contribution in [1.29, 1.82) is 0 Å². The molecule has 0 radical (unpaired) electrons. The minimum Gasteiger partial charge on any atom is -0.384 e. The first-order valence-corrected chi connectivity index (χ1v) is 8.45. The molecule has 6 heteroatoms. The van der Waals surface area contributed by atoms with E-state index < -0.39 is 9.84 Å². The molecule has 0 atom stereocenters. The summed E-state index contributed by atoms with van der Waals surface area (Å²) >= 11 is 0. The van der Waals surface area contributed by atoms with Gasteiger partial charge in [0, 0.05) is 37.0 Å². The van der Waals surface area contributed by atoms with Gasteiger partial charge in [-0.3, -0.25) is 4.79 Å². The highest BCUT2D eigenvalue weighted by atomic mass is 32.2. The summed E-state index contributed by atoms with van der Waals surface area (Å²) < 4.78 is 23.7. The van der Waals surface area contributed by atoms with Crippen LogP contribution in [0.3, 0.4) is 0 Å². The van der Waals surface area contributed by atoms with E-state index in [1.807, 2.05) is 24.3 Å². The maximum absolute atomic E-state index is 11.9. The molecule has 1 aromatic carbocycles. The van der Waals surface area contributed by atoms with Gasteiger partial charge in [-0.2, -0.15) is 0 Å². The molecule has 0 unspecified atom stereocenters. The van der Waals surface area contributed by atoms with Crippen molar-refractivity contribution in [2.75, 3.05) is 23.9 Å². The van der Waals surface area contributed by atoms with Gasteiger partial charge in [0.2, 0.25) is 0 Å². The Hall–Kier alpha value is -1.82. The highest BCUT2D eigenvalue weighted by molar-refractivity contribution is 7.90. The molecule has 0 aliphatic carbocycles. The fraction of sp³-hybridized carbons (Fsp3) is 0.357. The van der Waals surface area contributed by atoms with Crippen LogP contribution in [-0.4, -0.2) is 31.5 Å². The van der Waals surface area contributed by atoms with Crippen LogP contribution in [0, 0.1) is 0 Å². The lowest BCUT2D eigenvalue weighted by Crippen LogP contribution is -2.18. The molecule has 2 rings (SSSR count). The highest BCUT2D eigenvalue weighted by Crippen LogP contribution is 2.20. The lowest BCUT2D eigenvalue weighted by atomic mass is 10.2. The SMILES string of the molecule is Cn1c(=O)cc(NCCCS(C)(=O)=O)c2ccccc21. The molecule has 2 aromatic rings. The Balaban J connectivity index is 2.22. The topological polar surface area (TPSA) is 68.2 Å². The smallest absolute Gasteiger partial charge is 0.252 e. The number of anilines is 1. The minimum absolute atomic E-state index is 0.0886. The second kappa shape index (κ2) is 5.66. The Labute approximate surface area is 118 Å². The molecule has 1 N–H and O–H groups in total. The first-order chi connectivity index (χ1) is 9.38. The van der Waals surface area contributed by atoms with Gasteiger partial charge in [-0.25, -0.2) is 8.42 Å². The van der Waals surface area contributed by atoms with Crippen LogP contribution in [0.15, 0.2) is 35.1 Å². The minimum atomic E-state index is -2.94. The van der Waals surface area contributed by atoms with E-state index in [1.54, 1.807) is 17.7 Å². The van der Waals surface area contributed by atoms with Crippen molar-refractivity contribution in [2.24, 2.45) is 7.05 Å². The van der Waals surface area contributed by atoms with Crippen LogP contribution in [0.2, 0.25) is 0 Å². The van der Waals surface area contributed by atoms with Gasteiger partial charge in [0.05, 0.1) is 11.3 Å². The summed E-state index contributed by atoms with van der Waals surface area (Å²) in [6, 6.07) is 9.17. The monoisotopic (exact) mass is 294 g/mol. The van der Waals surface area contributed by atoms with E-state index in [1.165, 1.54) is 6.26 Å². The lowest BCUT2D eigenvalue weighted by molar-refractivity contribution is 0.600. The zero-order valence-electron chi connectivity index (χ0n) is 11.6. The molecule has 0 aliphatic rings. The predicted molar refractivity (Wildman–Crippen MR) is 82.0 cm³/mol. The van der Waals surface area contributed by atoms with E-state index in [0.29, 0.717) is 13.0 Å². The number of aryl methyl sites for hydroxylation is 1. The number of aromatic nitrogens is 1. The molecule has 0 saturated carbocycles. The van der Waals surface area contributed by atoms with E-state index in [0.717, 1.165) is 16.6 Å². The predicted octanol–water partition coefficient (Wildman–Crippen LogP) is 1.39. The van der Waals surface area contributed by atoms with Crippen molar-refractivity contribution in [3.05, 3.63) is 40.7 Å². The Bertz CT molecular complexity index is 779. The average molecular weight is 294 g/mol. The van der Waals surface area contributed by atoms with Crippen LogP contribution in [0.1, 0.15) is 6.42 Å². The van der Waals surface area contributed by atoms with Crippen LogP contribution in [0.4, 0.5) is 5.69 Å². The second-order valence-electron chi connectivity index (χ2n) is 4.88. The highest BCUT2D eigenvalue weighted by Gasteiger charge is 2.06. The zero-order chi connectivity index (χ0) is 14.8. The zero-order valence-corrected chi connectivity index (χ0v) is 12.4. The Morgan fingerprint density at radius 2 is 1.95 bits per heavy atom. The maximum atomic E-state index is 11.9. The van der Waals surface area contributed by atoms with E-state index in [9.17, 15) is 13.2 Å². The number of rotatable bonds is 5. The van der Waals surface area contributed by atoms with E-state index >= 15 is 0 Å². The number of para-hydroxylation sites is 1. The summed E-state index contributed by atoms with van der Waals surface area (Å²) in [6.45, 7) is 0.518. The second-order valence-corrected chi connectivity index (χ2v) is 7.14. The van der Waals surface area contributed by atoms with Gasteiger partial charge in [-0.1, -0.05) is 18.2 Å².